The fraction of sp³-hybridized carbons (Fsp3) is 0.538. The van der Waals surface area contributed by atoms with Crippen LogP contribution in [0.2, 0.25) is 0 Å². The summed E-state index contributed by atoms with van der Waals surface area (Å²) in [6, 6.07) is 3.20. The zero-order chi connectivity index (χ0) is 15.9. The molecule has 2 unspecified atom stereocenters. The van der Waals surface area contributed by atoms with E-state index in [1.165, 1.54) is 6.07 Å². The number of benzene rings is 1. The molecule has 4 N–H and O–H groups in total. The molecule has 1 aliphatic carbocycles. The van der Waals surface area contributed by atoms with E-state index in [1.54, 1.807) is 0 Å². The predicted molar refractivity (Wildman–Crippen MR) is 72.0 cm³/mol. The van der Waals surface area contributed by atoms with Gasteiger partial charge in [-0.3, -0.25) is 0 Å². The lowest BCUT2D eigenvalue weighted by Gasteiger charge is -2.38. The summed E-state index contributed by atoms with van der Waals surface area (Å²) < 4.78 is 64.5. The molecule has 1 aromatic carbocycles. The van der Waals surface area contributed by atoms with Gasteiger partial charge in [0.2, 0.25) is 0 Å². The van der Waals surface area contributed by atoms with Gasteiger partial charge < -0.3 is 11.5 Å². The summed E-state index contributed by atoms with van der Waals surface area (Å²) in [6.07, 6.45) is -3.08. The molecule has 1 aromatic rings. The Morgan fingerprint density at radius 1 is 1.19 bits per heavy atom. The van der Waals surface area contributed by atoms with Gasteiger partial charge in [-0.2, -0.15) is 13.2 Å². The van der Waals surface area contributed by atoms with Gasteiger partial charge in [0.05, 0.1) is 10.5 Å². The van der Waals surface area contributed by atoms with Crippen molar-refractivity contribution in [3.8, 4) is 0 Å². The van der Waals surface area contributed by atoms with E-state index in [-0.39, 0.29) is 6.42 Å². The number of hydrogen-bond donors (Lipinski definition) is 2. The highest BCUT2D eigenvalue weighted by Gasteiger charge is 2.50. The van der Waals surface area contributed by atoms with Gasteiger partial charge in [-0.25, -0.2) is 8.42 Å². The molecule has 0 bridgehead atoms. The molecule has 8 heteroatoms. The molecular weight excluding hydrogens is 305 g/mol. The normalized spacial score (nSPS) is 27.6. The Morgan fingerprint density at radius 3 is 2.38 bits per heavy atom. The quantitative estimate of drug-likeness (QED) is 0.872. The molecule has 2 atom stereocenters. The molecule has 0 aromatic heterocycles. The number of hydrogen-bond acceptors (Lipinski definition) is 4. The lowest BCUT2D eigenvalue weighted by atomic mass is 9.91. The Bertz CT molecular complexity index is 631. The summed E-state index contributed by atoms with van der Waals surface area (Å²) in [5, 5.41) is 0. The van der Waals surface area contributed by atoms with Crippen LogP contribution in [0.3, 0.4) is 0 Å². The van der Waals surface area contributed by atoms with E-state index in [0.717, 1.165) is 24.6 Å². The minimum Gasteiger partial charge on any atom is -0.325 e. The highest BCUT2D eigenvalue weighted by Crippen LogP contribution is 2.40. The second-order valence-corrected chi connectivity index (χ2v) is 7.51. The van der Waals surface area contributed by atoms with Crippen LogP contribution < -0.4 is 11.5 Å². The number of sulfone groups is 1. The van der Waals surface area contributed by atoms with Gasteiger partial charge in [0.15, 0.2) is 9.84 Å². The third-order valence-electron chi connectivity index (χ3n) is 3.94. The number of halogens is 3. The predicted octanol–water partition coefficient (Wildman–Crippen LogP) is 2.04. The van der Waals surface area contributed by atoms with Gasteiger partial charge in [-0.1, -0.05) is 25.0 Å². The first-order chi connectivity index (χ1) is 9.61. The summed E-state index contributed by atoms with van der Waals surface area (Å²) in [4.78, 5) is -2.65. The fourth-order valence-electron chi connectivity index (χ4n) is 2.67. The van der Waals surface area contributed by atoms with Crippen LogP contribution in [0.4, 0.5) is 13.2 Å². The Balaban J connectivity index is 2.60. The Kier molecular flexibility index (Phi) is 4.07. The van der Waals surface area contributed by atoms with Crippen molar-refractivity contribution >= 4 is 9.84 Å². The molecule has 4 nitrogen and oxygen atoms in total. The average Bonchev–Trinajstić information content (AvgIpc) is 2.41. The van der Waals surface area contributed by atoms with Crippen LogP contribution >= 0.6 is 0 Å². The molecule has 0 spiro atoms. The summed E-state index contributed by atoms with van der Waals surface area (Å²) >= 11 is 0. The molecule has 0 heterocycles. The summed E-state index contributed by atoms with van der Waals surface area (Å²) in [7, 11) is -4.39. The van der Waals surface area contributed by atoms with E-state index in [9.17, 15) is 21.6 Å². The molecule has 1 aliphatic rings. The van der Waals surface area contributed by atoms with Crippen molar-refractivity contribution in [1.29, 1.82) is 0 Å². The summed E-state index contributed by atoms with van der Waals surface area (Å²) in [5.41, 5.74) is 10.6. The summed E-state index contributed by atoms with van der Waals surface area (Å²) in [6.45, 7) is 0. The second kappa shape index (κ2) is 5.26. The molecule has 1 fully saturated rings. The molecular formula is C13H17F3N2O2S. The topological polar surface area (TPSA) is 86.2 Å². The Labute approximate surface area is 121 Å². The van der Waals surface area contributed by atoms with Crippen LogP contribution in [0.5, 0.6) is 0 Å². The highest BCUT2D eigenvalue weighted by molar-refractivity contribution is 7.93. The van der Waals surface area contributed by atoms with E-state index in [0.29, 0.717) is 12.8 Å². The van der Waals surface area contributed by atoms with E-state index in [1.807, 2.05) is 0 Å². The van der Waals surface area contributed by atoms with Gasteiger partial charge in [-0.05, 0) is 25.0 Å². The standard InChI is InChI=1S/C13H17F3N2O2S/c14-13(15,16)9-5-1-2-6-10(9)21(19,20)12(18)8-4-3-7-11(12)17/h1-2,5-6,11H,3-4,7-8,17-18H2. The van der Waals surface area contributed by atoms with Gasteiger partial charge >= 0.3 is 6.18 Å². The van der Waals surface area contributed by atoms with E-state index >= 15 is 0 Å². The maximum Gasteiger partial charge on any atom is 0.417 e. The lowest BCUT2D eigenvalue weighted by molar-refractivity contribution is -0.139. The van der Waals surface area contributed by atoms with Crippen molar-refractivity contribution < 1.29 is 21.6 Å². The van der Waals surface area contributed by atoms with Crippen molar-refractivity contribution in [1.82, 2.24) is 0 Å². The van der Waals surface area contributed by atoms with E-state index < -0.39 is 37.4 Å². The molecule has 2 rings (SSSR count). The maximum absolute atomic E-state index is 13.0. The third kappa shape index (κ3) is 2.67. The molecule has 118 valence electrons. The van der Waals surface area contributed by atoms with E-state index in [4.69, 9.17) is 11.5 Å². The van der Waals surface area contributed by atoms with E-state index in [2.05, 4.69) is 0 Å². The molecule has 0 aliphatic heterocycles. The number of nitrogens with two attached hydrogens (primary N) is 2. The van der Waals surface area contributed by atoms with Crippen molar-refractivity contribution in [2.45, 2.75) is 47.7 Å². The number of alkyl halides is 3. The summed E-state index contributed by atoms with van der Waals surface area (Å²) in [5.74, 6) is 0. The number of rotatable bonds is 2. The van der Waals surface area contributed by atoms with Crippen molar-refractivity contribution in [3.05, 3.63) is 29.8 Å². The maximum atomic E-state index is 13.0. The zero-order valence-electron chi connectivity index (χ0n) is 11.2. The first kappa shape index (κ1) is 16.3. The van der Waals surface area contributed by atoms with Crippen LogP contribution in [0.15, 0.2) is 29.2 Å². The second-order valence-electron chi connectivity index (χ2n) is 5.30. The van der Waals surface area contributed by atoms with Crippen molar-refractivity contribution in [2.75, 3.05) is 0 Å². The molecule has 0 radical (unpaired) electrons. The van der Waals surface area contributed by atoms with Crippen molar-refractivity contribution in [2.24, 2.45) is 11.5 Å². The van der Waals surface area contributed by atoms with Gasteiger partial charge in [-0.15, -0.1) is 0 Å². The lowest BCUT2D eigenvalue weighted by Crippen LogP contribution is -2.62. The smallest absolute Gasteiger partial charge is 0.325 e. The Morgan fingerprint density at radius 2 is 1.81 bits per heavy atom. The van der Waals surface area contributed by atoms with Crippen LogP contribution in [0.1, 0.15) is 31.2 Å². The van der Waals surface area contributed by atoms with Crippen LogP contribution in [0.25, 0.3) is 0 Å². The third-order valence-corrected chi connectivity index (χ3v) is 6.39. The van der Waals surface area contributed by atoms with Gasteiger partial charge in [0.1, 0.15) is 4.87 Å². The first-order valence-electron chi connectivity index (χ1n) is 6.56. The molecule has 0 saturated heterocycles. The van der Waals surface area contributed by atoms with Gasteiger partial charge in [0.25, 0.3) is 0 Å². The minimum absolute atomic E-state index is 0.0582. The first-order valence-corrected chi connectivity index (χ1v) is 8.04. The monoisotopic (exact) mass is 322 g/mol. The molecule has 0 amide bonds. The fourth-order valence-corrected chi connectivity index (χ4v) is 4.74. The van der Waals surface area contributed by atoms with Crippen LogP contribution in [0, 0.1) is 0 Å². The average molecular weight is 322 g/mol. The SMILES string of the molecule is NC1CCCCC1(N)S(=O)(=O)c1ccccc1C(F)(F)F. The minimum atomic E-state index is -4.77. The molecule has 1 saturated carbocycles. The zero-order valence-corrected chi connectivity index (χ0v) is 12.0. The van der Waals surface area contributed by atoms with Crippen molar-refractivity contribution in [3.63, 3.8) is 0 Å². The highest BCUT2D eigenvalue weighted by atomic mass is 32.2. The van der Waals surface area contributed by atoms with Crippen LogP contribution in [-0.4, -0.2) is 19.3 Å². The van der Waals surface area contributed by atoms with Crippen LogP contribution in [-0.2, 0) is 16.0 Å². The Hall–Kier alpha value is -1.12. The van der Waals surface area contributed by atoms with Gasteiger partial charge in [0, 0.05) is 6.04 Å². The largest absolute Gasteiger partial charge is 0.417 e. The molecule has 21 heavy (non-hydrogen) atoms.